The van der Waals surface area contributed by atoms with Crippen LogP contribution in [0.5, 0.6) is 5.75 Å². The summed E-state index contributed by atoms with van der Waals surface area (Å²) in [6, 6.07) is 24.7. The fourth-order valence-corrected chi connectivity index (χ4v) is 4.13. The molecule has 232 valence electrons. The molecule has 0 bridgehead atoms. The van der Waals surface area contributed by atoms with Crippen LogP contribution in [0.4, 0.5) is 0 Å². The molecule has 0 saturated carbocycles. The van der Waals surface area contributed by atoms with Gasteiger partial charge in [-0.2, -0.15) is 0 Å². The topological polar surface area (TPSA) is 58.7 Å². The molecule has 1 atom stereocenters. The maximum absolute atomic E-state index is 5.54. The zero-order valence-corrected chi connectivity index (χ0v) is 26.8. The monoisotopic (exact) mass is 580 g/mol. The van der Waals surface area contributed by atoms with Gasteiger partial charge in [0.2, 0.25) is 0 Å². The standard InChI is InChI=1S/3C10H12O2.2C3H8/c1-8-4-2-3-5-10(8)12-7-9-6-11-9;2*1-8-4-2-3-5-10(8)9-6-11-12-7-9;2*1-3-2/h3*2-5,9H,6-7H2,1H3;2*3H2,1-2H3. The zero-order valence-electron chi connectivity index (χ0n) is 26.8. The molecule has 3 aliphatic heterocycles. The Balaban J connectivity index is 0.000000201. The highest BCUT2D eigenvalue weighted by Crippen LogP contribution is 2.25. The average Bonchev–Trinajstić information content (AvgIpc) is 3.40. The van der Waals surface area contributed by atoms with Crippen molar-refractivity contribution in [1.29, 1.82) is 0 Å². The Hall–Kier alpha value is -2.74. The average molecular weight is 581 g/mol. The molecular weight excluding hydrogens is 528 g/mol. The van der Waals surface area contributed by atoms with Crippen molar-refractivity contribution in [2.75, 3.05) is 39.6 Å². The number of rotatable bonds is 5. The smallest absolute Gasteiger partial charge is 0.122 e. The number of aryl methyl sites for hydroxylation is 3. The normalized spacial score (nSPS) is 17.3. The largest absolute Gasteiger partial charge is 0.491 e. The summed E-state index contributed by atoms with van der Waals surface area (Å²) in [7, 11) is 0. The number of hydrogen-bond acceptors (Lipinski definition) is 6. The van der Waals surface area contributed by atoms with Crippen molar-refractivity contribution in [2.45, 2.75) is 79.2 Å². The van der Waals surface area contributed by atoms with Crippen LogP contribution in [0.2, 0.25) is 0 Å². The summed E-state index contributed by atoms with van der Waals surface area (Å²) in [6.07, 6.45) is 2.84. The molecule has 42 heavy (non-hydrogen) atoms. The number of ether oxygens (including phenoxy) is 2. The first-order valence-corrected chi connectivity index (χ1v) is 15.3. The minimum absolute atomic E-state index is 0.338. The van der Waals surface area contributed by atoms with Gasteiger partial charge in [0.25, 0.3) is 0 Å². The van der Waals surface area contributed by atoms with E-state index in [1.807, 2.05) is 31.2 Å². The summed E-state index contributed by atoms with van der Waals surface area (Å²) in [5.74, 6) is 1.81. The van der Waals surface area contributed by atoms with Gasteiger partial charge in [0.1, 0.15) is 18.5 Å². The second-order valence-corrected chi connectivity index (χ2v) is 10.7. The summed E-state index contributed by atoms with van der Waals surface area (Å²) in [4.78, 5) is 19.5. The van der Waals surface area contributed by atoms with Crippen LogP contribution >= 0.6 is 0 Å². The van der Waals surface area contributed by atoms with E-state index >= 15 is 0 Å². The molecule has 0 N–H and O–H groups in total. The van der Waals surface area contributed by atoms with E-state index in [1.165, 1.54) is 40.7 Å². The highest BCUT2D eigenvalue weighted by Gasteiger charge is 2.23. The number of epoxide rings is 1. The molecule has 0 radical (unpaired) electrons. The van der Waals surface area contributed by atoms with Gasteiger partial charge < -0.3 is 9.47 Å². The molecule has 3 saturated heterocycles. The summed E-state index contributed by atoms with van der Waals surface area (Å²) in [6.45, 7) is 19.1. The third kappa shape index (κ3) is 13.5. The van der Waals surface area contributed by atoms with Gasteiger partial charge in [-0.25, -0.2) is 19.6 Å². The van der Waals surface area contributed by atoms with Crippen LogP contribution in [0.15, 0.2) is 72.8 Å². The van der Waals surface area contributed by atoms with E-state index in [1.54, 1.807) is 0 Å². The zero-order chi connectivity index (χ0) is 30.6. The molecule has 3 heterocycles. The van der Waals surface area contributed by atoms with E-state index in [-0.39, 0.29) is 0 Å². The van der Waals surface area contributed by atoms with Crippen LogP contribution in [-0.4, -0.2) is 45.7 Å². The maximum atomic E-state index is 5.54. The molecule has 3 aliphatic rings. The van der Waals surface area contributed by atoms with Crippen LogP contribution < -0.4 is 4.74 Å². The van der Waals surface area contributed by atoms with Crippen molar-refractivity contribution < 1.29 is 29.0 Å². The second-order valence-electron chi connectivity index (χ2n) is 10.7. The van der Waals surface area contributed by atoms with Gasteiger partial charge in [0.05, 0.1) is 33.0 Å². The molecule has 6 nitrogen and oxygen atoms in total. The van der Waals surface area contributed by atoms with Gasteiger partial charge >= 0.3 is 0 Å². The first-order chi connectivity index (χ1) is 20.4. The predicted molar refractivity (Wildman–Crippen MR) is 170 cm³/mol. The highest BCUT2D eigenvalue weighted by atomic mass is 17.2. The van der Waals surface area contributed by atoms with Crippen molar-refractivity contribution in [3.63, 3.8) is 0 Å². The lowest BCUT2D eigenvalue weighted by atomic mass is 9.97. The molecule has 0 spiro atoms. The third-order valence-electron chi connectivity index (χ3n) is 6.42. The molecule has 3 aromatic carbocycles. The third-order valence-corrected chi connectivity index (χ3v) is 6.42. The van der Waals surface area contributed by atoms with Gasteiger partial charge in [-0.05, 0) is 54.7 Å². The highest BCUT2D eigenvalue weighted by molar-refractivity contribution is 5.32. The Labute approximate surface area is 254 Å². The lowest BCUT2D eigenvalue weighted by Gasteiger charge is -2.08. The van der Waals surface area contributed by atoms with Crippen LogP contribution in [0, 0.1) is 20.8 Å². The predicted octanol–water partition coefficient (Wildman–Crippen LogP) is 8.69. The van der Waals surface area contributed by atoms with Crippen molar-refractivity contribution in [2.24, 2.45) is 0 Å². The first-order valence-electron chi connectivity index (χ1n) is 15.3. The molecule has 1 unspecified atom stereocenters. The Morgan fingerprint density at radius 3 is 1.26 bits per heavy atom. The number of benzene rings is 3. The van der Waals surface area contributed by atoms with Crippen molar-refractivity contribution in [3.8, 4) is 5.75 Å². The molecular formula is C36H52O6. The van der Waals surface area contributed by atoms with E-state index in [0.29, 0.717) is 51.0 Å². The van der Waals surface area contributed by atoms with E-state index in [4.69, 9.17) is 29.0 Å². The number of hydrogen-bond donors (Lipinski definition) is 0. The minimum atomic E-state index is 0.338. The Morgan fingerprint density at radius 1 is 0.548 bits per heavy atom. The van der Waals surface area contributed by atoms with Crippen LogP contribution in [0.25, 0.3) is 0 Å². The van der Waals surface area contributed by atoms with Gasteiger partial charge in [-0.3, -0.25) is 0 Å². The quantitative estimate of drug-likeness (QED) is 0.222. The van der Waals surface area contributed by atoms with Crippen molar-refractivity contribution in [1.82, 2.24) is 0 Å². The minimum Gasteiger partial charge on any atom is -0.491 e. The van der Waals surface area contributed by atoms with E-state index in [2.05, 4.69) is 90.1 Å². The Kier molecular flexibility index (Phi) is 17.8. The summed E-state index contributed by atoms with van der Waals surface area (Å²) in [5, 5.41) is 0. The van der Waals surface area contributed by atoms with Crippen LogP contribution in [0.1, 0.15) is 80.2 Å². The van der Waals surface area contributed by atoms with Gasteiger partial charge in [0, 0.05) is 11.8 Å². The molecule has 6 heteroatoms. The van der Waals surface area contributed by atoms with E-state index in [9.17, 15) is 0 Å². The summed E-state index contributed by atoms with van der Waals surface area (Å²) in [5.41, 5.74) is 6.50. The van der Waals surface area contributed by atoms with E-state index in [0.717, 1.165) is 12.4 Å². The van der Waals surface area contributed by atoms with Gasteiger partial charge in [-0.15, -0.1) is 0 Å². The molecule has 0 aromatic heterocycles. The van der Waals surface area contributed by atoms with Crippen molar-refractivity contribution >= 4 is 0 Å². The lowest BCUT2D eigenvalue weighted by molar-refractivity contribution is -0.248. The Morgan fingerprint density at radius 2 is 0.905 bits per heavy atom. The molecule has 6 rings (SSSR count). The Bertz CT molecular complexity index is 1040. The summed E-state index contributed by atoms with van der Waals surface area (Å²) >= 11 is 0. The van der Waals surface area contributed by atoms with Crippen LogP contribution in [0.3, 0.4) is 0 Å². The van der Waals surface area contributed by atoms with Gasteiger partial charge in [0.15, 0.2) is 0 Å². The van der Waals surface area contributed by atoms with Crippen LogP contribution in [-0.2, 0) is 24.3 Å². The maximum Gasteiger partial charge on any atom is 0.122 e. The van der Waals surface area contributed by atoms with Crippen molar-refractivity contribution in [3.05, 3.63) is 101 Å². The SMILES string of the molecule is CCC.CCC.Cc1ccccc1C1COOC1.Cc1ccccc1C1COOC1.Cc1ccccc1OCC1CO1. The summed E-state index contributed by atoms with van der Waals surface area (Å²) < 4.78 is 10.6. The fourth-order valence-electron chi connectivity index (χ4n) is 4.13. The fraction of sp³-hybridized carbons (Fsp3) is 0.500. The first kappa shape index (κ1) is 35.5. The molecule has 0 amide bonds. The molecule has 3 aromatic rings. The molecule has 0 aliphatic carbocycles. The lowest BCUT2D eigenvalue weighted by Crippen LogP contribution is -2.04. The number of para-hydroxylation sites is 1. The molecule has 3 fully saturated rings. The second kappa shape index (κ2) is 21.0. The van der Waals surface area contributed by atoms with E-state index < -0.39 is 0 Å². The van der Waals surface area contributed by atoms with Gasteiger partial charge in [-0.1, -0.05) is 107 Å².